The van der Waals surface area contributed by atoms with Crippen LogP contribution >= 0.6 is 0 Å². The molecule has 0 aliphatic heterocycles. The van der Waals surface area contributed by atoms with Crippen LogP contribution in [0.3, 0.4) is 0 Å². The molecule has 0 aromatic rings. The van der Waals surface area contributed by atoms with Crippen molar-refractivity contribution in [1.29, 1.82) is 0 Å². The van der Waals surface area contributed by atoms with Crippen LogP contribution in [0.5, 0.6) is 0 Å². The van der Waals surface area contributed by atoms with Crippen LogP contribution in [0, 0.1) is 11.8 Å². The van der Waals surface area contributed by atoms with Gasteiger partial charge < -0.3 is 4.74 Å². The highest BCUT2D eigenvalue weighted by atomic mass is 16.5. The Labute approximate surface area is 142 Å². The lowest BCUT2D eigenvalue weighted by Crippen LogP contribution is -2.10. The standard InChI is InChI=1S/C21H34O2/c1-4-5-6-9-18(20-15-17-11-12-19(20)14-17)10-7-8-13-23-21(22)16(2)3/h17-18H,2,4-15H2,1,3H3. The highest BCUT2D eigenvalue weighted by molar-refractivity contribution is 5.86. The fraction of sp³-hybridized carbons (Fsp3) is 0.762. The number of hydrogen-bond acceptors (Lipinski definition) is 2. The second-order valence-electron chi connectivity index (χ2n) is 7.55. The van der Waals surface area contributed by atoms with Gasteiger partial charge >= 0.3 is 5.97 Å². The second-order valence-corrected chi connectivity index (χ2v) is 7.55. The molecule has 130 valence electrons. The van der Waals surface area contributed by atoms with Gasteiger partial charge in [-0.25, -0.2) is 4.79 Å². The average molecular weight is 319 g/mol. The molecule has 2 aliphatic rings. The number of unbranched alkanes of at least 4 members (excludes halogenated alkanes) is 3. The third kappa shape index (κ3) is 5.51. The zero-order valence-electron chi connectivity index (χ0n) is 15.2. The summed E-state index contributed by atoms with van der Waals surface area (Å²) in [6.45, 7) is 8.15. The van der Waals surface area contributed by atoms with E-state index in [1.807, 2.05) is 11.1 Å². The van der Waals surface area contributed by atoms with E-state index in [0.717, 1.165) is 18.3 Å². The molecule has 2 heteroatoms. The van der Waals surface area contributed by atoms with Gasteiger partial charge in [0.2, 0.25) is 0 Å². The molecular weight excluding hydrogens is 284 g/mol. The summed E-state index contributed by atoms with van der Waals surface area (Å²) in [5, 5.41) is 0. The lowest BCUT2D eigenvalue weighted by Gasteiger charge is -2.23. The summed E-state index contributed by atoms with van der Waals surface area (Å²) in [5.41, 5.74) is 4.14. The zero-order valence-corrected chi connectivity index (χ0v) is 15.2. The van der Waals surface area contributed by atoms with Gasteiger partial charge in [-0.2, -0.15) is 0 Å². The van der Waals surface area contributed by atoms with Crippen molar-refractivity contribution in [2.45, 2.75) is 84.5 Å². The van der Waals surface area contributed by atoms with E-state index < -0.39 is 0 Å². The Bertz CT molecular complexity index is 447. The van der Waals surface area contributed by atoms with Crippen molar-refractivity contribution >= 4 is 5.97 Å². The summed E-state index contributed by atoms with van der Waals surface area (Å²) in [6.07, 6.45) is 14.4. The number of carbonyl (C=O) groups is 1. The monoisotopic (exact) mass is 318 g/mol. The maximum absolute atomic E-state index is 11.4. The topological polar surface area (TPSA) is 26.3 Å². The van der Waals surface area contributed by atoms with Crippen molar-refractivity contribution in [1.82, 2.24) is 0 Å². The summed E-state index contributed by atoms with van der Waals surface area (Å²) in [7, 11) is 0. The summed E-state index contributed by atoms with van der Waals surface area (Å²) in [5.74, 6) is 1.53. The van der Waals surface area contributed by atoms with Gasteiger partial charge in [0, 0.05) is 5.57 Å². The normalized spacial score (nSPS) is 20.9. The van der Waals surface area contributed by atoms with Crippen molar-refractivity contribution in [2.75, 3.05) is 6.61 Å². The number of allylic oxidation sites excluding steroid dienone is 2. The van der Waals surface area contributed by atoms with Crippen molar-refractivity contribution in [2.24, 2.45) is 11.8 Å². The van der Waals surface area contributed by atoms with Gasteiger partial charge in [0.25, 0.3) is 0 Å². The molecule has 23 heavy (non-hydrogen) atoms. The first-order valence-electron chi connectivity index (χ1n) is 9.65. The van der Waals surface area contributed by atoms with Crippen molar-refractivity contribution in [3.8, 4) is 0 Å². The molecule has 0 heterocycles. The van der Waals surface area contributed by atoms with Gasteiger partial charge in [-0.1, -0.05) is 43.9 Å². The van der Waals surface area contributed by atoms with Gasteiger partial charge in [0.15, 0.2) is 0 Å². The predicted molar refractivity (Wildman–Crippen MR) is 96.2 cm³/mol. The average Bonchev–Trinajstić information content (AvgIpc) is 3.15. The number of ether oxygens (including phenoxy) is 1. The molecule has 0 saturated heterocycles. The molecular formula is C21H34O2. The highest BCUT2D eigenvalue weighted by Crippen LogP contribution is 2.48. The predicted octanol–water partition coefficient (Wildman–Crippen LogP) is 5.97. The molecule has 1 fully saturated rings. The van der Waals surface area contributed by atoms with Crippen molar-refractivity contribution in [3.05, 3.63) is 23.3 Å². The lowest BCUT2D eigenvalue weighted by atomic mass is 9.83. The first kappa shape index (κ1) is 18.3. The molecule has 2 atom stereocenters. The fourth-order valence-corrected chi connectivity index (χ4v) is 4.22. The van der Waals surface area contributed by atoms with Crippen LogP contribution in [0.1, 0.15) is 84.5 Å². The molecule has 2 aliphatic carbocycles. The Morgan fingerprint density at radius 2 is 1.96 bits per heavy atom. The van der Waals surface area contributed by atoms with Crippen LogP contribution in [-0.4, -0.2) is 12.6 Å². The van der Waals surface area contributed by atoms with Gasteiger partial charge in [-0.05, 0) is 70.1 Å². The molecule has 0 spiro atoms. The first-order chi connectivity index (χ1) is 11.1. The van der Waals surface area contributed by atoms with E-state index in [-0.39, 0.29) is 5.97 Å². The van der Waals surface area contributed by atoms with E-state index >= 15 is 0 Å². The van der Waals surface area contributed by atoms with Crippen LogP contribution in [0.25, 0.3) is 0 Å². The molecule has 0 aromatic heterocycles. The van der Waals surface area contributed by atoms with Crippen LogP contribution in [0.2, 0.25) is 0 Å². The number of esters is 1. The van der Waals surface area contributed by atoms with Crippen molar-refractivity contribution in [3.63, 3.8) is 0 Å². The maximum Gasteiger partial charge on any atom is 0.333 e. The number of carbonyl (C=O) groups excluding carboxylic acids is 1. The maximum atomic E-state index is 11.4. The molecule has 2 rings (SSSR count). The zero-order chi connectivity index (χ0) is 16.7. The first-order valence-corrected chi connectivity index (χ1v) is 9.65. The Morgan fingerprint density at radius 3 is 2.52 bits per heavy atom. The Kier molecular flexibility index (Phi) is 7.39. The van der Waals surface area contributed by atoms with E-state index in [1.54, 1.807) is 6.92 Å². The Hall–Kier alpha value is -1.05. The molecule has 2 bridgehead atoms. The summed E-state index contributed by atoms with van der Waals surface area (Å²) in [4.78, 5) is 11.4. The van der Waals surface area contributed by atoms with Crippen LogP contribution in [0.15, 0.2) is 23.3 Å². The molecule has 0 N–H and O–H groups in total. The van der Waals surface area contributed by atoms with Gasteiger partial charge in [-0.15, -0.1) is 0 Å². The van der Waals surface area contributed by atoms with Gasteiger partial charge in [0.05, 0.1) is 6.61 Å². The summed E-state index contributed by atoms with van der Waals surface area (Å²) < 4.78 is 5.21. The van der Waals surface area contributed by atoms with Crippen LogP contribution in [-0.2, 0) is 9.53 Å². The quantitative estimate of drug-likeness (QED) is 0.203. The molecule has 2 nitrogen and oxygen atoms in total. The minimum atomic E-state index is -0.248. The SMILES string of the molecule is C=C(C)C(=O)OCCCCC(CCCCC)C1=C2CCC(C2)C1. The number of fused-ring (bicyclic) bond motifs is 2. The van der Waals surface area contributed by atoms with Gasteiger partial charge in [0.1, 0.15) is 0 Å². The minimum absolute atomic E-state index is 0.248. The number of rotatable bonds is 11. The Morgan fingerprint density at radius 1 is 1.22 bits per heavy atom. The van der Waals surface area contributed by atoms with E-state index in [1.165, 1.54) is 64.2 Å². The van der Waals surface area contributed by atoms with E-state index in [9.17, 15) is 4.79 Å². The van der Waals surface area contributed by atoms with Crippen LogP contribution < -0.4 is 0 Å². The molecule has 0 radical (unpaired) electrons. The Balaban J connectivity index is 1.74. The smallest absolute Gasteiger partial charge is 0.333 e. The highest BCUT2D eigenvalue weighted by Gasteiger charge is 2.33. The largest absolute Gasteiger partial charge is 0.462 e. The molecule has 1 saturated carbocycles. The third-order valence-corrected chi connectivity index (χ3v) is 5.53. The van der Waals surface area contributed by atoms with E-state index in [0.29, 0.717) is 12.2 Å². The molecule has 0 aromatic carbocycles. The van der Waals surface area contributed by atoms with Crippen molar-refractivity contribution < 1.29 is 9.53 Å². The molecule has 2 unspecified atom stereocenters. The van der Waals surface area contributed by atoms with E-state index in [2.05, 4.69) is 13.5 Å². The fourth-order valence-electron chi connectivity index (χ4n) is 4.22. The third-order valence-electron chi connectivity index (χ3n) is 5.53. The second kappa shape index (κ2) is 9.30. The number of hydrogen-bond donors (Lipinski definition) is 0. The van der Waals surface area contributed by atoms with Crippen LogP contribution in [0.4, 0.5) is 0 Å². The van der Waals surface area contributed by atoms with E-state index in [4.69, 9.17) is 4.74 Å². The minimum Gasteiger partial charge on any atom is -0.462 e. The lowest BCUT2D eigenvalue weighted by molar-refractivity contribution is -0.139. The summed E-state index contributed by atoms with van der Waals surface area (Å²) in [6, 6.07) is 0. The molecule has 0 amide bonds. The summed E-state index contributed by atoms with van der Waals surface area (Å²) >= 11 is 0. The van der Waals surface area contributed by atoms with Gasteiger partial charge in [-0.3, -0.25) is 0 Å².